The number of rotatable bonds is 5. The summed E-state index contributed by atoms with van der Waals surface area (Å²) in [6, 6.07) is 8.46. The first kappa shape index (κ1) is 13.3. The van der Waals surface area contributed by atoms with Gasteiger partial charge in [-0.2, -0.15) is 0 Å². The molecule has 1 aromatic carbocycles. The Morgan fingerprint density at radius 3 is 2.89 bits per heavy atom. The Morgan fingerprint density at radius 1 is 1.33 bits per heavy atom. The molecule has 0 saturated carbocycles. The van der Waals surface area contributed by atoms with E-state index in [-0.39, 0.29) is 11.9 Å². The molecular formula is C14H15BrFNO. The maximum atomic E-state index is 13.1. The second-order valence-corrected chi connectivity index (χ2v) is 5.17. The lowest BCUT2D eigenvalue weighted by atomic mass is 10.0. The fourth-order valence-electron chi connectivity index (χ4n) is 1.87. The van der Waals surface area contributed by atoms with Crippen molar-refractivity contribution >= 4 is 15.9 Å². The topological polar surface area (TPSA) is 39.2 Å². The molecule has 18 heavy (non-hydrogen) atoms. The Hall–Kier alpha value is -1.13. The number of furan rings is 1. The van der Waals surface area contributed by atoms with Gasteiger partial charge in [-0.3, -0.25) is 0 Å². The van der Waals surface area contributed by atoms with Crippen LogP contribution < -0.4 is 5.73 Å². The lowest BCUT2D eigenvalue weighted by Crippen LogP contribution is -2.23. The molecular weight excluding hydrogens is 297 g/mol. The van der Waals surface area contributed by atoms with Crippen molar-refractivity contribution in [3.05, 3.63) is 58.2 Å². The Bertz CT molecular complexity index is 499. The van der Waals surface area contributed by atoms with Crippen molar-refractivity contribution in [2.45, 2.75) is 25.3 Å². The van der Waals surface area contributed by atoms with Gasteiger partial charge in [0.2, 0.25) is 0 Å². The highest BCUT2D eigenvalue weighted by molar-refractivity contribution is 9.10. The van der Waals surface area contributed by atoms with Crippen LogP contribution in [0.25, 0.3) is 0 Å². The lowest BCUT2D eigenvalue weighted by Gasteiger charge is -2.12. The highest BCUT2D eigenvalue weighted by Gasteiger charge is 2.09. The van der Waals surface area contributed by atoms with Crippen LogP contribution in [-0.4, -0.2) is 6.04 Å². The molecule has 0 fully saturated rings. The molecule has 2 rings (SSSR count). The van der Waals surface area contributed by atoms with Gasteiger partial charge in [0.05, 0.1) is 6.26 Å². The predicted octanol–water partition coefficient (Wildman–Crippen LogP) is 3.68. The van der Waals surface area contributed by atoms with E-state index < -0.39 is 0 Å². The number of aryl methyl sites for hydroxylation is 1. The molecule has 2 N–H and O–H groups in total. The molecule has 2 aromatic rings. The van der Waals surface area contributed by atoms with Gasteiger partial charge in [-0.1, -0.05) is 15.9 Å². The Kier molecular flexibility index (Phi) is 4.55. The summed E-state index contributed by atoms with van der Waals surface area (Å²) in [6.45, 7) is 0. The average molecular weight is 312 g/mol. The smallest absolute Gasteiger partial charge is 0.123 e. The number of benzene rings is 1. The monoisotopic (exact) mass is 311 g/mol. The highest BCUT2D eigenvalue weighted by atomic mass is 79.9. The SMILES string of the molecule is NC(CCc1ccco1)Cc1cc(F)ccc1Br. The second-order valence-electron chi connectivity index (χ2n) is 4.32. The van der Waals surface area contributed by atoms with Crippen LogP contribution in [0.1, 0.15) is 17.7 Å². The first-order chi connectivity index (χ1) is 8.65. The molecule has 2 nitrogen and oxygen atoms in total. The molecule has 0 bridgehead atoms. The fourth-order valence-corrected chi connectivity index (χ4v) is 2.28. The standard InChI is InChI=1S/C14H15BrFNO/c15-14-6-3-11(16)8-10(14)9-12(17)4-5-13-2-1-7-18-13/h1-3,6-8,12H,4-5,9,17H2. The third-order valence-electron chi connectivity index (χ3n) is 2.83. The van der Waals surface area contributed by atoms with Gasteiger partial charge in [-0.15, -0.1) is 0 Å². The van der Waals surface area contributed by atoms with Gasteiger partial charge in [0, 0.05) is 16.9 Å². The summed E-state index contributed by atoms with van der Waals surface area (Å²) in [5.74, 6) is 0.704. The lowest BCUT2D eigenvalue weighted by molar-refractivity contribution is 0.483. The Balaban J connectivity index is 1.90. The molecule has 0 aliphatic rings. The zero-order valence-electron chi connectivity index (χ0n) is 9.90. The van der Waals surface area contributed by atoms with Gasteiger partial charge in [-0.25, -0.2) is 4.39 Å². The zero-order chi connectivity index (χ0) is 13.0. The van der Waals surface area contributed by atoms with E-state index in [1.54, 1.807) is 12.3 Å². The van der Waals surface area contributed by atoms with E-state index in [1.165, 1.54) is 12.1 Å². The average Bonchev–Trinajstić information content (AvgIpc) is 2.84. The zero-order valence-corrected chi connectivity index (χ0v) is 11.5. The van der Waals surface area contributed by atoms with E-state index in [0.717, 1.165) is 28.6 Å². The van der Waals surface area contributed by atoms with Crippen LogP contribution in [0.3, 0.4) is 0 Å². The molecule has 4 heteroatoms. The Morgan fingerprint density at radius 2 is 2.17 bits per heavy atom. The van der Waals surface area contributed by atoms with Gasteiger partial charge in [0.25, 0.3) is 0 Å². The fraction of sp³-hybridized carbons (Fsp3) is 0.286. The van der Waals surface area contributed by atoms with E-state index >= 15 is 0 Å². The first-order valence-electron chi connectivity index (χ1n) is 5.87. The van der Waals surface area contributed by atoms with E-state index in [9.17, 15) is 4.39 Å². The van der Waals surface area contributed by atoms with Crippen LogP contribution in [0.4, 0.5) is 4.39 Å². The summed E-state index contributed by atoms with van der Waals surface area (Å²) in [7, 11) is 0. The predicted molar refractivity (Wildman–Crippen MR) is 72.8 cm³/mol. The van der Waals surface area contributed by atoms with Gasteiger partial charge in [0.1, 0.15) is 11.6 Å². The minimum Gasteiger partial charge on any atom is -0.469 e. The first-order valence-corrected chi connectivity index (χ1v) is 6.66. The number of nitrogens with two attached hydrogens (primary N) is 1. The third-order valence-corrected chi connectivity index (χ3v) is 3.61. The van der Waals surface area contributed by atoms with Crippen LogP contribution in [0, 0.1) is 5.82 Å². The number of hydrogen-bond donors (Lipinski definition) is 1. The van der Waals surface area contributed by atoms with Crippen LogP contribution in [0.2, 0.25) is 0 Å². The maximum Gasteiger partial charge on any atom is 0.123 e. The summed E-state index contributed by atoms with van der Waals surface area (Å²) in [6.07, 6.45) is 3.93. The molecule has 0 amide bonds. The molecule has 0 saturated heterocycles. The van der Waals surface area contributed by atoms with Crippen molar-refractivity contribution in [2.75, 3.05) is 0 Å². The molecule has 0 radical (unpaired) electrons. The van der Waals surface area contributed by atoms with E-state index in [4.69, 9.17) is 10.2 Å². The van der Waals surface area contributed by atoms with Crippen molar-refractivity contribution < 1.29 is 8.81 Å². The second kappa shape index (κ2) is 6.16. The Labute approximate surface area is 114 Å². The minimum absolute atomic E-state index is 0.00630. The van der Waals surface area contributed by atoms with Crippen LogP contribution in [0.5, 0.6) is 0 Å². The van der Waals surface area contributed by atoms with Crippen molar-refractivity contribution in [3.8, 4) is 0 Å². The molecule has 0 spiro atoms. The summed E-state index contributed by atoms with van der Waals surface area (Å²) in [5.41, 5.74) is 6.96. The van der Waals surface area contributed by atoms with Gasteiger partial charge >= 0.3 is 0 Å². The van der Waals surface area contributed by atoms with E-state index in [2.05, 4.69) is 15.9 Å². The molecule has 1 aromatic heterocycles. The van der Waals surface area contributed by atoms with Gasteiger partial charge in [0.15, 0.2) is 0 Å². The molecule has 0 aliphatic carbocycles. The van der Waals surface area contributed by atoms with E-state index in [0.29, 0.717) is 6.42 Å². The molecule has 1 atom stereocenters. The third kappa shape index (κ3) is 3.68. The largest absolute Gasteiger partial charge is 0.469 e. The quantitative estimate of drug-likeness (QED) is 0.914. The normalized spacial score (nSPS) is 12.6. The molecule has 1 unspecified atom stereocenters. The highest BCUT2D eigenvalue weighted by Crippen LogP contribution is 2.20. The van der Waals surface area contributed by atoms with Crippen LogP contribution in [0.15, 0.2) is 45.5 Å². The van der Waals surface area contributed by atoms with Crippen molar-refractivity contribution in [3.63, 3.8) is 0 Å². The summed E-state index contributed by atoms with van der Waals surface area (Å²) < 4.78 is 19.3. The number of halogens is 2. The van der Waals surface area contributed by atoms with Crippen molar-refractivity contribution in [1.29, 1.82) is 0 Å². The molecule has 96 valence electrons. The molecule has 0 aliphatic heterocycles. The molecule has 1 heterocycles. The summed E-state index contributed by atoms with van der Waals surface area (Å²) >= 11 is 3.41. The maximum absolute atomic E-state index is 13.1. The van der Waals surface area contributed by atoms with Crippen LogP contribution >= 0.6 is 15.9 Å². The minimum atomic E-state index is -0.230. The van der Waals surface area contributed by atoms with Crippen LogP contribution in [-0.2, 0) is 12.8 Å². The summed E-state index contributed by atoms with van der Waals surface area (Å²) in [5, 5.41) is 0. The van der Waals surface area contributed by atoms with Crippen molar-refractivity contribution in [1.82, 2.24) is 0 Å². The summed E-state index contributed by atoms with van der Waals surface area (Å²) in [4.78, 5) is 0. The van der Waals surface area contributed by atoms with Gasteiger partial charge in [-0.05, 0) is 48.7 Å². The van der Waals surface area contributed by atoms with Crippen molar-refractivity contribution in [2.24, 2.45) is 5.73 Å². The van der Waals surface area contributed by atoms with Gasteiger partial charge < -0.3 is 10.2 Å². The number of hydrogen-bond acceptors (Lipinski definition) is 2. The van der Waals surface area contributed by atoms with E-state index in [1.807, 2.05) is 12.1 Å².